The first kappa shape index (κ1) is 12.4. The number of ether oxygens (including phenoxy) is 1. The first-order chi connectivity index (χ1) is 8.72. The minimum absolute atomic E-state index is 0.400. The maximum atomic E-state index is 8.66. The number of methoxy groups -OCH3 is 1. The Bertz CT molecular complexity index is 590. The number of hydrogen-bond donors (Lipinski definition) is 1. The van der Waals surface area contributed by atoms with Gasteiger partial charge < -0.3 is 10.1 Å². The lowest BCUT2D eigenvalue weighted by Gasteiger charge is -2.08. The molecule has 0 aliphatic carbocycles. The van der Waals surface area contributed by atoms with Gasteiger partial charge in [0.15, 0.2) is 0 Å². The van der Waals surface area contributed by atoms with Gasteiger partial charge in [0.1, 0.15) is 17.5 Å². The van der Waals surface area contributed by atoms with E-state index in [0.29, 0.717) is 5.69 Å². The number of nitrogens with zero attached hydrogens (tertiary/aromatic N) is 2. The summed E-state index contributed by atoms with van der Waals surface area (Å²) >= 11 is 3.42. The van der Waals surface area contributed by atoms with Gasteiger partial charge >= 0.3 is 0 Å². The molecule has 0 spiro atoms. The van der Waals surface area contributed by atoms with E-state index < -0.39 is 0 Å². The van der Waals surface area contributed by atoms with Gasteiger partial charge in [-0.25, -0.2) is 4.98 Å². The summed E-state index contributed by atoms with van der Waals surface area (Å²) in [6.07, 6.45) is 1.62. The molecule has 1 aromatic heterocycles. The Hall–Kier alpha value is -2.06. The molecule has 2 rings (SSSR count). The van der Waals surface area contributed by atoms with E-state index in [4.69, 9.17) is 10.00 Å². The number of nitriles is 1. The van der Waals surface area contributed by atoms with Crippen LogP contribution in [-0.4, -0.2) is 12.1 Å². The van der Waals surface area contributed by atoms with Gasteiger partial charge in [0.05, 0.1) is 23.5 Å². The zero-order valence-electron chi connectivity index (χ0n) is 9.64. The van der Waals surface area contributed by atoms with Crippen LogP contribution in [0.3, 0.4) is 0 Å². The van der Waals surface area contributed by atoms with Crippen molar-refractivity contribution in [3.63, 3.8) is 0 Å². The van der Waals surface area contributed by atoms with Gasteiger partial charge in [-0.05, 0) is 46.3 Å². The number of rotatable bonds is 3. The molecule has 4 nitrogen and oxygen atoms in total. The zero-order chi connectivity index (χ0) is 13.0. The fraction of sp³-hybridized carbons (Fsp3) is 0.0769. The number of anilines is 2. The van der Waals surface area contributed by atoms with Crippen molar-refractivity contribution in [3.05, 3.63) is 46.7 Å². The Morgan fingerprint density at radius 2 is 2.06 bits per heavy atom. The molecule has 90 valence electrons. The van der Waals surface area contributed by atoms with E-state index in [1.807, 2.05) is 30.3 Å². The van der Waals surface area contributed by atoms with Crippen LogP contribution in [0.4, 0.5) is 11.4 Å². The van der Waals surface area contributed by atoms with E-state index in [1.54, 1.807) is 19.4 Å². The molecule has 0 amide bonds. The van der Waals surface area contributed by atoms with Crippen LogP contribution in [0.15, 0.2) is 41.0 Å². The first-order valence-corrected chi connectivity index (χ1v) is 5.99. The summed E-state index contributed by atoms with van der Waals surface area (Å²) in [6, 6.07) is 11.1. The Balaban J connectivity index is 2.18. The molecule has 0 unspecified atom stereocenters. The average molecular weight is 304 g/mol. The van der Waals surface area contributed by atoms with Crippen molar-refractivity contribution in [2.75, 3.05) is 12.4 Å². The Morgan fingerprint density at radius 1 is 1.28 bits per heavy atom. The highest BCUT2D eigenvalue weighted by molar-refractivity contribution is 9.10. The SMILES string of the molecule is COc1ccc(Nc2ccc(C#N)nc2)cc1Br. The standard InChI is InChI=1S/C13H10BrN3O/c1-18-13-5-4-9(6-12(13)14)17-11-3-2-10(7-15)16-8-11/h2-6,8,17H,1H3. The number of benzene rings is 1. The average Bonchev–Trinajstić information content (AvgIpc) is 2.40. The Morgan fingerprint density at radius 3 is 2.61 bits per heavy atom. The quantitative estimate of drug-likeness (QED) is 0.943. The summed E-state index contributed by atoms with van der Waals surface area (Å²) in [5, 5.41) is 11.8. The molecule has 0 aliphatic rings. The third-order valence-electron chi connectivity index (χ3n) is 2.32. The van der Waals surface area contributed by atoms with Gasteiger partial charge in [-0.15, -0.1) is 0 Å². The largest absolute Gasteiger partial charge is 0.496 e. The molecule has 1 N–H and O–H groups in total. The third-order valence-corrected chi connectivity index (χ3v) is 2.94. The highest BCUT2D eigenvalue weighted by Crippen LogP contribution is 2.29. The van der Waals surface area contributed by atoms with Crippen molar-refractivity contribution >= 4 is 27.3 Å². The fourth-order valence-corrected chi connectivity index (χ4v) is 1.99. The predicted molar refractivity (Wildman–Crippen MR) is 72.9 cm³/mol. The maximum absolute atomic E-state index is 8.66. The van der Waals surface area contributed by atoms with Gasteiger partial charge in [0.2, 0.25) is 0 Å². The van der Waals surface area contributed by atoms with E-state index in [1.165, 1.54) is 0 Å². The van der Waals surface area contributed by atoms with Gasteiger partial charge in [-0.2, -0.15) is 5.26 Å². The maximum Gasteiger partial charge on any atom is 0.140 e. The second-order valence-corrected chi connectivity index (χ2v) is 4.37. The number of halogens is 1. The van der Waals surface area contributed by atoms with Gasteiger partial charge in [0, 0.05) is 5.69 Å². The van der Waals surface area contributed by atoms with Crippen LogP contribution in [0, 0.1) is 11.3 Å². The van der Waals surface area contributed by atoms with Crippen molar-refractivity contribution in [2.24, 2.45) is 0 Å². The molecule has 5 heteroatoms. The summed E-state index contributed by atoms with van der Waals surface area (Å²) < 4.78 is 6.03. The molecule has 18 heavy (non-hydrogen) atoms. The normalized spacial score (nSPS) is 9.61. The van der Waals surface area contributed by atoms with Crippen molar-refractivity contribution in [3.8, 4) is 11.8 Å². The van der Waals surface area contributed by atoms with Gasteiger partial charge in [-0.3, -0.25) is 0 Å². The van der Waals surface area contributed by atoms with E-state index in [9.17, 15) is 0 Å². The second-order valence-electron chi connectivity index (χ2n) is 3.52. The van der Waals surface area contributed by atoms with E-state index in [-0.39, 0.29) is 0 Å². The van der Waals surface area contributed by atoms with Gasteiger partial charge in [0.25, 0.3) is 0 Å². The lowest BCUT2D eigenvalue weighted by molar-refractivity contribution is 0.412. The lowest BCUT2D eigenvalue weighted by atomic mass is 10.3. The fourth-order valence-electron chi connectivity index (χ4n) is 1.44. The number of aromatic nitrogens is 1. The Kier molecular flexibility index (Phi) is 3.80. The molecule has 0 saturated heterocycles. The highest BCUT2D eigenvalue weighted by Gasteiger charge is 2.02. The number of hydrogen-bond acceptors (Lipinski definition) is 4. The van der Waals surface area contributed by atoms with Crippen LogP contribution in [-0.2, 0) is 0 Å². The van der Waals surface area contributed by atoms with Gasteiger partial charge in [-0.1, -0.05) is 0 Å². The van der Waals surface area contributed by atoms with Crippen LogP contribution >= 0.6 is 15.9 Å². The molecule has 0 saturated carbocycles. The topological polar surface area (TPSA) is 57.9 Å². The van der Waals surface area contributed by atoms with E-state index >= 15 is 0 Å². The van der Waals surface area contributed by atoms with Crippen molar-refractivity contribution in [1.29, 1.82) is 5.26 Å². The molecular formula is C13H10BrN3O. The van der Waals surface area contributed by atoms with Crippen molar-refractivity contribution in [2.45, 2.75) is 0 Å². The smallest absolute Gasteiger partial charge is 0.140 e. The number of pyridine rings is 1. The minimum atomic E-state index is 0.400. The molecule has 1 heterocycles. The number of nitrogens with one attached hydrogen (secondary N) is 1. The zero-order valence-corrected chi connectivity index (χ0v) is 11.2. The first-order valence-electron chi connectivity index (χ1n) is 5.19. The monoisotopic (exact) mass is 303 g/mol. The molecular weight excluding hydrogens is 294 g/mol. The predicted octanol–water partition coefficient (Wildman–Crippen LogP) is 3.47. The summed E-state index contributed by atoms with van der Waals surface area (Å²) in [5.74, 6) is 0.776. The molecule has 1 aromatic carbocycles. The summed E-state index contributed by atoms with van der Waals surface area (Å²) in [4.78, 5) is 3.99. The molecule has 2 aromatic rings. The van der Waals surface area contributed by atoms with Crippen LogP contribution in [0.2, 0.25) is 0 Å². The van der Waals surface area contributed by atoms with E-state index in [0.717, 1.165) is 21.6 Å². The summed E-state index contributed by atoms with van der Waals surface area (Å²) in [5.41, 5.74) is 2.14. The van der Waals surface area contributed by atoms with Crippen molar-refractivity contribution < 1.29 is 4.74 Å². The highest BCUT2D eigenvalue weighted by atomic mass is 79.9. The molecule has 0 fully saturated rings. The third kappa shape index (κ3) is 2.79. The summed E-state index contributed by atoms with van der Waals surface area (Å²) in [7, 11) is 1.62. The van der Waals surface area contributed by atoms with Crippen LogP contribution < -0.4 is 10.1 Å². The molecule has 0 radical (unpaired) electrons. The molecule has 0 atom stereocenters. The van der Waals surface area contributed by atoms with Crippen molar-refractivity contribution in [1.82, 2.24) is 4.98 Å². The second kappa shape index (κ2) is 5.52. The molecule has 0 aliphatic heterocycles. The van der Waals surface area contributed by atoms with E-state index in [2.05, 4.69) is 26.2 Å². The lowest BCUT2D eigenvalue weighted by Crippen LogP contribution is -1.93. The van der Waals surface area contributed by atoms with Crippen LogP contribution in [0.5, 0.6) is 5.75 Å². The molecule has 0 bridgehead atoms. The van der Waals surface area contributed by atoms with Crippen LogP contribution in [0.25, 0.3) is 0 Å². The van der Waals surface area contributed by atoms with Crippen LogP contribution in [0.1, 0.15) is 5.69 Å². The Labute approximate surface area is 113 Å². The summed E-state index contributed by atoms with van der Waals surface area (Å²) in [6.45, 7) is 0. The minimum Gasteiger partial charge on any atom is -0.496 e.